The molecule has 1 N–H and O–H groups in total. The minimum Gasteiger partial charge on any atom is -0.381 e. The number of rotatable bonds is 7. The Morgan fingerprint density at radius 1 is 1.24 bits per heavy atom. The van der Waals surface area contributed by atoms with Crippen molar-refractivity contribution < 1.29 is 9.53 Å². The Kier molecular flexibility index (Phi) is 7.04. The van der Waals surface area contributed by atoms with Gasteiger partial charge in [0, 0.05) is 31.2 Å². The van der Waals surface area contributed by atoms with E-state index in [2.05, 4.69) is 5.32 Å². The number of halogens is 1. The lowest BCUT2D eigenvalue weighted by atomic mass is 9.95. The summed E-state index contributed by atoms with van der Waals surface area (Å²) in [4.78, 5) is 11.8. The van der Waals surface area contributed by atoms with Gasteiger partial charge in [-0.3, -0.25) is 4.79 Å². The molecule has 0 bridgehead atoms. The fraction of sp³-hybridized carbons (Fsp3) is 0.588. The van der Waals surface area contributed by atoms with E-state index in [1.165, 1.54) is 19.3 Å². The van der Waals surface area contributed by atoms with Crippen molar-refractivity contribution in [2.75, 3.05) is 19.8 Å². The molecular weight excluding hydrogens is 286 g/mol. The van der Waals surface area contributed by atoms with Crippen LogP contribution >= 0.6 is 11.6 Å². The smallest absolute Gasteiger partial charge is 0.220 e. The van der Waals surface area contributed by atoms with Crippen LogP contribution in [-0.4, -0.2) is 25.7 Å². The minimum absolute atomic E-state index is 0.136. The maximum absolute atomic E-state index is 11.8. The van der Waals surface area contributed by atoms with E-state index in [0.717, 1.165) is 49.1 Å². The Morgan fingerprint density at radius 3 is 2.67 bits per heavy atom. The average molecular weight is 310 g/mol. The number of carbonyl (C=O) groups is 1. The first-order chi connectivity index (χ1) is 10.2. The van der Waals surface area contributed by atoms with Crippen LogP contribution in [0.15, 0.2) is 24.3 Å². The van der Waals surface area contributed by atoms with Crippen LogP contribution in [0.1, 0.15) is 37.7 Å². The molecule has 0 spiro atoms. The van der Waals surface area contributed by atoms with Crippen LogP contribution < -0.4 is 5.32 Å². The number of nitrogens with one attached hydrogen (secondary N) is 1. The molecule has 3 nitrogen and oxygen atoms in total. The van der Waals surface area contributed by atoms with Gasteiger partial charge in [0.25, 0.3) is 0 Å². The third-order valence-corrected chi connectivity index (χ3v) is 4.26. The molecule has 0 unspecified atom stereocenters. The second kappa shape index (κ2) is 9.06. The number of ether oxygens (including phenoxy) is 1. The predicted molar refractivity (Wildman–Crippen MR) is 85.6 cm³/mol. The zero-order valence-corrected chi connectivity index (χ0v) is 13.2. The maximum Gasteiger partial charge on any atom is 0.220 e. The normalized spacial score (nSPS) is 15.9. The van der Waals surface area contributed by atoms with E-state index in [1.807, 2.05) is 24.3 Å². The van der Waals surface area contributed by atoms with Crippen LogP contribution in [0.5, 0.6) is 0 Å². The Hall–Kier alpha value is -1.06. The second-order valence-electron chi connectivity index (χ2n) is 5.67. The number of hydrogen-bond acceptors (Lipinski definition) is 2. The first-order valence-corrected chi connectivity index (χ1v) is 8.21. The minimum atomic E-state index is 0.136. The largest absolute Gasteiger partial charge is 0.381 e. The Labute approximate surface area is 132 Å². The van der Waals surface area contributed by atoms with E-state index in [4.69, 9.17) is 16.3 Å². The standard InChI is InChI=1S/C17H24ClNO2/c18-16-6-3-15(4-7-16)5-8-17(20)19-11-1-2-14-9-12-21-13-10-14/h3-4,6-7,14H,1-2,5,8-13H2,(H,19,20). The number of amides is 1. The molecule has 1 fully saturated rings. The van der Waals surface area contributed by atoms with Crippen molar-refractivity contribution in [3.8, 4) is 0 Å². The Bertz CT molecular complexity index is 427. The SMILES string of the molecule is O=C(CCc1ccc(Cl)cc1)NCCCC1CCOCC1. The van der Waals surface area contributed by atoms with E-state index >= 15 is 0 Å². The summed E-state index contributed by atoms with van der Waals surface area (Å²) in [6, 6.07) is 7.67. The fourth-order valence-corrected chi connectivity index (χ4v) is 2.78. The molecule has 1 heterocycles. The van der Waals surface area contributed by atoms with Gasteiger partial charge >= 0.3 is 0 Å². The molecule has 0 aromatic heterocycles. The van der Waals surface area contributed by atoms with Gasteiger partial charge in [0.05, 0.1) is 0 Å². The quantitative estimate of drug-likeness (QED) is 0.782. The van der Waals surface area contributed by atoms with Crippen molar-refractivity contribution in [3.05, 3.63) is 34.9 Å². The number of carbonyl (C=O) groups excluding carboxylic acids is 1. The highest BCUT2D eigenvalue weighted by Gasteiger charge is 2.13. The highest BCUT2D eigenvalue weighted by atomic mass is 35.5. The Morgan fingerprint density at radius 2 is 1.95 bits per heavy atom. The molecule has 0 aliphatic carbocycles. The van der Waals surface area contributed by atoms with Gasteiger partial charge in [-0.15, -0.1) is 0 Å². The highest BCUT2D eigenvalue weighted by molar-refractivity contribution is 6.30. The molecule has 1 aromatic rings. The molecule has 1 amide bonds. The van der Waals surface area contributed by atoms with E-state index in [9.17, 15) is 4.79 Å². The Balaban J connectivity index is 1.54. The summed E-state index contributed by atoms with van der Waals surface area (Å²) in [5.41, 5.74) is 1.15. The van der Waals surface area contributed by atoms with Gasteiger partial charge in [-0.05, 0) is 55.7 Å². The van der Waals surface area contributed by atoms with Gasteiger partial charge in [0.2, 0.25) is 5.91 Å². The number of benzene rings is 1. The summed E-state index contributed by atoms with van der Waals surface area (Å²) in [5, 5.41) is 3.74. The van der Waals surface area contributed by atoms with Crippen molar-refractivity contribution in [1.82, 2.24) is 5.32 Å². The van der Waals surface area contributed by atoms with Crippen LogP contribution in [0.2, 0.25) is 5.02 Å². The fourth-order valence-electron chi connectivity index (χ4n) is 2.65. The van der Waals surface area contributed by atoms with E-state index in [-0.39, 0.29) is 5.91 Å². The first kappa shape index (κ1) is 16.3. The molecule has 4 heteroatoms. The molecule has 0 atom stereocenters. The zero-order valence-electron chi connectivity index (χ0n) is 12.4. The summed E-state index contributed by atoms with van der Waals surface area (Å²) < 4.78 is 5.35. The van der Waals surface area contributed by atoms with E-state index in [1.54, 1.807) is 0 Å². The first-order valence-electron chi connectivity index (χ1n) is 7.83. The van der Waals surface area contributed by atoms with Gasteiger partial charge in [-0.1, -0.05) is 23.7 Å². The van der Waals surface area contributed by atoms with Crippen molar-refractivity contribution in [2.24, 2.45) is 5.92 Å². The van der Waals surface area contributed by atoms with E-state index < -0.39 is 0 Å². The summed E-state index contributed by atoms with van der Waals surface area (Å²) in [5.74, 6) is 0.918. The molecule has 1 aliphatic heterocycles. The molecule has 2 rings (SSSR count). The predicted octanol–water partition coefficient (Wildman–Crippen LogP) is 3.60. The second-order valence-corrected chi connectivity index (χ2v) is 6.11. The van der Waals surface area contributed by atoms with Gasteiger partial charge in [0.1, 0.15) is 0 Å². The lowest BCUT2D eigenvalue weighted by Gasteiger charge is -2.21. The molecule has 1 saturated heterocycles. The van der Waals surface area contributed by atoms with Crippen LogP contribution in [0.4, 0.5) is 0 Å². The number of hydrogen-bond donors (Lipinski definition) is 1. The van der Waals surface area contributed by atoms with Crippen molar-refractivity contribution in [1.29, 1.82) is 0 Å². The summed E-state index contributed by atoms with van der Waals surface area (Å²) >= 11 is 5.84. The van der Waals surface area contributed by atoms with Gasteiger partial charge < -0.3 is 10.1 Å². The highest BCUT2D eigenvalue weighted by Crippen LogP contribution is 2.19. The lowest BCUT2D eigenvalue weighted by molar-refractivity contribution is -0.121. The number of aryl methyl sites for hydroxylation is 1. The lowest BCUT2D eigenvalue weighted by Crippen LogP contribution is -2.25. The third kappa shape index (κ3) is 6.49. The average Bonchev–Trinajstić information content (AvgIpc) is 2.52. The molecule has 1 aromatic carbocycles. The van der Waals surface area contributed by atoms with Crippen LogP contribution in [-0.2, 0) is 16.0 Å². The molecule has 0 saturated carbocycles. The summed E-state index contributed by atoms with van der Waals surface area (Å²) in [7, 11) is 0. The van der Waals surface area contributed by atoms with Crippen LogP contribution in [0.3, 0.4) is 0 Å². The van der Waals surface area contributed by atoms with Crippen molar-refractivity contribution in [3.63, 3.8) is 0 Å². The molecule has 0 radical (unpaired) electrons. The molecule has 116 valence electrons. The monoisotopic (exact) mass is 309 g/mol. The van der Waals surface area contributed by atoms with Crippen molar-refractivity contribution in [2.45, 2.75) is 38.5 Å². The molecule has 21 heavy (non-hydrogen) atoms. The molecular formula is C17H24ClNO2. The zero-order chi connectivity index (χ0) is 14.9. The van der Waals surface area contributed by atoms with Gasteiger partial charge in [-0.2, -0.15) is 0 Å². The third-order valence-electron chi connectivity index (χ3n) is 4.01. The van der Waals surface area contributed by atoms with Crippen LogP contribution in [0, 0.1) is 5.92 Å². The summed E-state index contributed by atoms with van der Waals surface area (Å²) in [6.07, 6.45) is 5.91. The van der Waals surface area contributed by atoms with Crippen molar-refractivity contribution >= 4 is 17.5 Å². The summed E-state index contributed by atoms with van der Waals surface area (Å²) in [6.45, 7) is 2.59. The maximum atomic E-state index is 11.8. The van der Waals surface area contributed by atoms with Gasteiger partial charge in [0.15, 0.2) is 0 Å². The van der Waals surface area contributed by atoms with E-state index in [0.29, 0.717) is 6.42 Å². The topological polar surface area (TPSA) is 38.3 Å². The van der Waals surface area contributed by atoms with Gasteiger partial charge in [-0.25, -0.2) is 0 Å². The molecule has 1 aliphatic rings. The van der Waals surface area contributed by atoms with Crippen LogP contribution in [0.25, 0.3) is 0 Å².